The Kier molecular flexibility index (Phi) is 3.39. The molecule has 96 valence electrons. The van der Waals surface area contributed by atoms with E-state index in [2.05, 4.69) is 20.2 Å². The molecule has 2 rings (SSSR count). The smallest absolute Gasteiger partial charge is 0.211 e. The number of hydrogen-bond donors (Lipinski definition) is 1. The Morgan fingerprint density at radius 3 is 2.78 bits per heavy atom. The van der Waals surface area contributed by atoms with Crippen molar-refractivity contribution < 1.29 is 8.42 Å². The minimum absolute atomic E-state index is 0.164. The Morgan fingerprint density at radius 2 is 2.17 bits per heavy atom. The lowest BCUT2D eigenvalue weighted by atomic mass is 10.2. The standard InChI is InChI=1S/C10H13N5O2S/c1-3-12-18(16,17)10-6-8(2)4-5-9(10)15-7-11-13-14-15/h4-7,12H,3H2,1-2H3. The van der Waals surface area contributed by atoms with Gasteiger partial charge in [-0.15, -0.1) is 5.10 Å². The molecule has 0 saturated heterocycles. The molecular weight excluding hydrogens is 254 g/mol. The minimum Gasteiger partial charge on any atom is -0.211 e. The van der Waals surface area contributed by atoms with E-state index in [1.807, 2.05) is 13.0 Å². The molecule has 0 aliphatic heterocycles. The van der Waals surface area contributed by atoms with E-state index >= 15 is 0 Å². The number of nitrogens with zero attached hydrogens (tertiary/aromatic N) is 4. The molecule has 0 bridgehead atoms. The lowest BCUT2D eigenvalue weighted by molar-refractivity contribution is 0.582. The molecule has 0 fully saturated rings. The summed E-state index contributed by atoms with van der Waals surface area (Å²) < 4.78 is 28.0. The summed E-state index contributed by atoms with van der Waals surface area (Å²) in [6.45, 7) is 3.88. The molecule has 0 spiro atoms. The van der Waals surface area contributed by atoms with Crippen LogP contribution < -0.4 is 4.72 Å². The van der Waals surface area contributed by atoms with Gasteiger partial charge >= 0.3 is 0 Å². The van der Waals surface area contributed by atoms with Crippen molar-refractivity contribution in [2.24, 2.45) is 0 Å². The van der Waals surface area contributed by atoms with Crippen molar-refractivity contribution in [3.05, 3.63) is 30.1 Å². The van der Waals surface area contributed by atoms with Crippen molar-refractivity contribution in [3.63, 3.8) is 0 Å². The molecule has 18 heavy (non-hydrogen) atoms. The van der Waals surface area contributed by atoms with E-state index in [1.165, 1.54) is 11.0 Å². The normalized spacial score (nSPS) is 11.7. The zero-order chi connectivity index (χ0) is 13.2. The SMILES string of the molecule is CCNS(=O)(=O)c1cc(C)ccc1-n1cnnn1. The summed E-state index contributed by atoms with van der Waals surface area (Å²) in [6, 6.07) is 5.08. The number of benzene rings is 1. The van der Waals surface area contributed by atoms with Crippen LogP contribution in [0, 0.1) is 6.92 Å². The average Bonchev–Trinajstić information content (AvgIpc) is 2.82. The Balaban J connectivity index is 2.62. The van der Waals surface area contributed by atoms with Crippen LogP contribution in [0.1, 0.15) is 12.5 Å². The second kappa shape index (κ2) is 4.83. The molecule has 0 aliphatic rings. The summed E-state index contributed by atoms with van der Waals surface area (Å²) in [5.41, 5.74) is 1.27. The quantitative estimate of drug-likeness (QED) is 0.858. The third-order valence-corrected chi connectivity index (χ3v) is 3.91. The van der Waals surface area contributed by atoms with Crippen LogP contribution in [-0.2, 0) is 10.0 Å². The number of tetrazole rings is 1. The fourth-order valence-electron chi connectivity index (χ4n) is 1.57. The number of rotatable bonds is 4. The second-order valence-electron chi connectivity index (χ2n) is 3.73. The van der Waals surface area contributed by atoms with Gasteiger partial charge in [0.1, 0.15) is 11.2 Å². The highest BCUT2D eigenvalue weighted by atomic mass is 32.2. The van der Waals surface area contributed by atoms with Gasteiger partial charge in [0, 0.05) is 6.54 Å². The van der Waals surface area contributed by atoms with Gasteiger partial charge in [-0.2, -0.15) is 4.68 Å². The van der Waals surface area contributed by atoms with Gasteiger partial charge in [0.25, 0.3) is 0 Å². The number of aryl methyl sites for hydroxylation is 1. The molecule has 0 aliphatic carbocycles. The van der Waals surface area contributed by atoms with Gasteiger partial charge in [-0.05, 0) is 35.0 Å². The maximum Gasteiger partial charge on any atom is 0.242 e. The summed E-state index contributed by atoms with van der Waals surface area (Å²) in [6.07, 6.45) is 1.36. The van der Waals surface area contributed by atoms with Crippen LogP contribution in [-0.4, -0.2) is 35.2 Å². The van der Waals surface area contributed by atoms with Gasteiger partial charge in [-0.3, -0.25) is 0 Å². The Bertz CT molecular complexity index is 636. The van der Waals surface area contributed by atoms with E-state index in [0.29, 0.717) is 12.2 Å². The van der Waals surface area contributed by atoms with Crippen LogP contribution in [0.3, 0.4) is 0 Å². The zero-order valence-corrected chi connectivity index (χ0v) is 10.8. The first-order valence-corrected chi connectivity index (χ1v) is 6.86. The predicted molar refractivity (Wildman–Crippen MR) is 64.8 cm³/mol. The maximum atomic E-state index is 12.1. The molecule has 0 atom stereocenters. The van der Waals surface area contributed by atoms with E-state index in [-0.39, 0.29) is 4.90 Å². The summed E-state index contributed by atoms with van der Waals surface area (Å²) >= 11 is 0. The summed E-state index contributed by atoms with van der Waals surface area (Å²) in [5, 5.41) is 10.7. The number of sulfonamides is 1. The van der Waals surface area contributed by atoms with Crippen LogP contribution in [0.4, 0.5) is 0 Å². The average molecular weight is 267 g/mol. The molecule has 1 N–H and O–H groups in total. The first-order chi connectivity index (χ1) is 8.54. The lowest BCUT2D eigenvalue weighted by Crippen LogP contribution is -2.24. The Morgan fingerprint density at radius 1 is 1.39 bits per heavy atom. The van der Waals surface area contributed by atoms with Crippen LogP contribution in [0.25, 0.3) is 5.69 Å². The molecule has 0 unspecified atom stereocenters. The van der Waals surface area contributed by atoms with Crippen LogP contribution >= 0.6 is 0 Å². The summed E-state index contributed by atoms with van der Waals surface area (Å²) in [7, 11) is -3.56. The van der Waals surface area contributed by atoms with Crippen LogP contribution in [0.2, 0.25) is 0 Å². The second-order valence-corrected chi connectivity index (χ2v) is 5.46. The van der Waals surface area contributed by atoms with Crippen molar-refractivity contribution in [1.82, 2.24) is 24.9 Å². The first kappa shape index (κ1) is 12.7. The minimum atomic E-state index is -3.56. The highest BCUT2D eigenvalue weighted by molar-refractivity contribution is 7.89. The van der Waals surface area contributed by atoms with Crippen molar-refractivity contribution in [1.29, 1.82) is 0 Å². The number of hydrogen-bond acceptors (Lipinski definition) is 5. The lowest BCUT2D eigenvalue weighted by Gasteiger charge is -2.10. The highest BCUT2D eigenvalue weighted by Crippen LogP contribution is 2.20. The first-order valence-electron chi connectivity index (χ1n) is 5.38. The third kappa shape index (κ3) is 2.39. The summed E-state index contributed by atoms with van der Waals surface area (Å²) in [5.74, 6) is 0. The molecule has 1 heterocycles. The van der Waals surface area contributed by atoms with Gasteiger partial charge in [0.15, 0.2) is 0 Å². The molecule has 7 nitrogen and oxygen atoms in total. The zero-order valence-electron chi connectivity index (χ0n) is 10.0. The van der Waals surface area contributed by atoms with Crippen LogP contribution in [0.5, 0.6) is 0 Å². The van der Waals surface area contributed by atoms with Gasteiger partial charge in [-0.25, -0.2) is 13.1 Å². The monoisotopic (exact) mass is 267 g/mol. The largest absolute Gasteiger partial charge is 0.242 e. The predicted octanol–water partition coefficient (Wildman–Crippen LogP) is 0.269. The van der Waals surface area contributed by atoms with E-state index in [0.717, 1.165) is 5.56 Å². The van der Waals surface area contributed by atoms with Gasteiger partial charge in [0.2, 0.25) is 10.0 Å². The molecule has 8 heteroatoms. The fourth-order valence-corrected chi connectivity index (χ4v) is 2.88. The summed E-state index contributed by atoms with van der Waals surface area (Å²) in [4.78, 5) is 0.164. The van der Waals surface area contributed by atoms with Crippen molar-refractivity contribution in [2.45, 2.75) is 18.7 Å². The van der Waals surface area contributed by atoms with E-state index in [9.17, 15) is 8.42 Å². The highest BCUT2D eigenvalue weighted by Gasteiger charge is 2.19. The number of aromatic nitrogens is 4. The molecule has 1 aromatic carbocycles. The van der Waals surface area contributed by atoms with Crippen LogP contribution in [0.15, 0.2) is 29.4 Å². The molecule has 0 saturated carbocycles. The van der Waals surface area contributed by atoms with Gasteiger partial charge < -0.3 is 0 Å². The maximum absolute atomic E-state index is 12.1. The van der Waals surface area contributed by atoms with Crippen molar-refractivity contribution in [3.8, 4) is 5.69 Å². The van der Waals surface area contributed by atoms with E-state index in [4.69, 9.17) is 0 Å². The third-order valence-electron chi connectivity index (χ3n) is 2.34. The molecule has 1 aromatic heterocycles. The fraction of sp³-hybridized carbons (Fsp3) is 0.300. The molecule has 0 radical (unpaired) electrons. The van der Waals surface area contributed by atoms with Gasteiger partial charge in [-0.1, -0.05) is 13.0 Å². The van der Waals surface area contributed by atoms with Crippen molar-refractivity contribution in [2.75, 3.05) is 6.54 Å². The molecule has 0 amide bonds. The van der Waals surface area contributed by atoms with Crippen molar-refractivity contribution >= 4 is 10.0 Å². The number of nitrogens with one attached hydrogen (secondary N) is 1. The Hall–Kier alpha value is -1.80. The topological polar surface area (TPSA) is 89.8 Å². The Labute approximate surface area is 105 Å². The van der Waals surface area contributed by atoms with E-state index in [1.54, 1.807) is 19.1 Å². The van der Waals surface area contributed by atoms with Gasteiger partial charge in [0.05, 0.1) is 5.69 Å². The molecule has 2 aromatic rings. The molecular formula is C10H13N5O2S. The van der Waals surface area contributed by atoms with E-state index < -0.39 is 10.0 Å².